The van der Waals surface area contributed by atoms with Crippen molar-refractivity contribution < 1.29 is 4.74 Å². The summed E-state index contributed by atoms with van der Waals surface area (Å²) in [6, 6.07) is 0.684. The fourth-order valence-corrected chi connectivity index (χ4v) is 3.15. The molecular formula is C15H31NO. The number of hydrogen-bond acceptors (Lipinski definition) is 2. The standard InChI is InChI=1S/C15H31NO/c1-5-9-11-17-14-12-13(16-10-6-2)15(14,7-3)8-4/h13-14,16H,5-12H2,1-4H3. The zero-order valence-corrected chi connectivity index (χ0v) is 12.2. The Morgan fingerprint density at radius 1 is 1.12 bits per heavy atom. The molecule has 2 heteroatoms. The Hall–Kier alpha value is -0.0800. The second-order valence-corrected chi connectivity index (χ2v) is 5.40. The van der Waals surface area contributed by atoms with Crippen molar-refractivity contribution in [3.05, 3.63) is 0 Å². The molecule has 1 aliphatic carbocycles. The van der Waals surface area contributed by atoms with Crippen LogP contribution in [-0.2, 0) is 4.74 Å². The third-order valence-corrected chi connectivity index (χ3v) is 4.56. The van der Waals surface area contributed by atoms with E-state index in [0.29, 0.717) is 17.6 Å². The highest BCUT2D eigenvalue weighted by molar-refractivity contribution is 5.06. The van der Waals surface area contributed by atoms with E-state index in [1.807, 2.05) is 0 Å². The number of ether oxygens (including phenoxy) is 1. The zero-order valence-electron chi connectivity index (χ0n) is 12.2. The molecule has 0 aromatic carbocycles. The van der Waals surface area contributed by atoms with Gasteiger partial charge in [-0.3, -0.25) is 0 Å². The first-order chi connectivity index (χ1) is 8.25. The van der Waals surface area contributed by atoms with E-state index in [1.54, 1.807) is 0 Å². The van der Waals surface area contributed by atoms with Crippen LogP contribution in [0.1, 0.15) is 66.2 Å². The smallest absolute Gasteiger partial charge is 0.0661 e. The summed E-state index contributed by atoms with van der Waals surface area (Å²) >= 11 is 0. The van der Waals surface area contributed by atoms with Crippen LogP contribution in [0.15, 0.2) is 0 Å². The topological polar surface area (TPSA) is 21.3 Å². The average molecular weight is 241 g/mol. The fourth-order valence-electron chi connectivity index (χ4n) is 3.15. The first-order valence-electron chi connectivity index (χ1n) is 7.60. The van der Waals surface area contributed by atoms with E-state index in [4.69, 9.17) is 4.74 Å². The molecule has 0 saturated heterocycles. The number of hydrogen-bond donors (Lipinski definition) is 1. The summed E-state index contributed by atoms with van der Waals surface area (Å²) in [5, 5.41) is 3.70. The van der Waals surface area contributed by atoms with Gasteiger partial charge in [0.2, 0.25) is 0 Å². The SMILES string of the molecule is CCCCOC1CC(NCCC)C1(CC)CC. The van der Waals surface area contributed by atoms with Gasteiger partial charge >= 0.3 is 0 Å². The predicted octanol–water partition coefficient (Wildman–Crippen LogP) is 3.75. The van der Waals surface area contributed by atoms with Crippen molar-refractivity contribution in [2.45, 2.75) is 78.4 Å². The maximum absolute atomic E-state index is 6.09. The van der Waals surface area contributed by atoms with Crippen molar-refractivity contribution in [2.75, 3.05) is 13.2 Å². The molecular weight excluding hydrogens is 210 g/mol. The average Bonchev–Trinajstić information content (AvgIpc) is 2.33. The molecule has 0 aliphatic heterocycles. The monoisotopic (exact) mass is 241 g/mol. The first kappa shape index (κ1) is 15.0. The summed E-state index contributed by atoms with van der Waals surface area (Å²) < 4.78 is 6.09. The molecule has 0 heterocycles. The van der Waals surface area contributed by atoms with Gasteiger partial charge in [0.15, 0.2) is 0 Å². The number of unbranched alkanes of at least 4 members (excludes halogenated alkanes) is 1. The molecule has 2 atom stereocenters. The predicted molar refractivity (Wildman–Crippen MR) is 74.4 cm³/mol. The first-order valence-corrected chi connectivity index (χ1v) is 7.60. The van der Waals surface area contributed by atoms with Crippen LogP contribution in [0.2, 0.25) is 0 Å². The van der Waals surface area contributed by atoms with Crippen LogP contribution >= 0.6 is 0 Å². The lowest BCUT2D eigenvalue weighted by atomic mass is 9.58. The summed E-state index contributed by atoms with van der Waals surface area (Å²) in [5.74, 6) is 0. The lowest BCUT2D eigenvalue weighted by Gasteiger charge is -2.55. The van der Waals surface area contributed by atoms with Gasteiger partial charge in [0.1, 0.15) is 0 Å². The molecule has 17 heavy (non-hydrogen) atoms. The molecule has 0 radical (unpaired) electrons. The van der Waals surface area contributed by atoms with Crippen molar-refractivity contribution in [3.63, 3.8) is 0 Å². The quantitative estimate of drug-likeness (QED) is 0.621. The molecule has 2 nitrogen and oxygen atoms in total. The Morgan fingerprint density at radius 2 is 1.82 bits per heavy atom. The van der Waals surface area contributed by atoms with Crippen LogP contribution in [-0.4, -0.2) is 25.3 Å². The minimum Gasteiger partial charge on any atom is -0.378 e. The van der Waals surface area contributed by atoms with Crippen molar-refractivity contribution in [1.29, 1.82) is 0 Å². The van der Waals surface area contributed by atoms with Gasteiger partial charge in [0, 0.05) is 18.1 Å². The van der Waals surface area contributed by atoms with Gasteiger partial charge in [0.25, 0.3) is 0 Å². The molecule has 2 unspecified atom stereocenters. The van der Waals surface area contributed by atoms with E-state index < -0.39 is 0 Å². The Balaban J connectivity index is 2.45. The highest BCUT2D eigenvalue weighted by Crippen LogP contribution is 2.48. The van der Waals surface area contributed by atoms with Crippen LogP contribution in [0.4, 0.5) is 0 Å². The maximum atomic E-state index is 6.09. The van der Waals surface area contributed by atoms with E-state index >= 15 is 0 Å². The van der Waals surface area contributed by atoms with E-state index in [9.17, 15) is 0 Å². The third-order valence-electron chi connectivity index (χ3n) is 4.56. The van der Waals surface area contributed by atoms with E-state index in [0.717, 1.165) is 13.2 Å². The van der Waals surface area contributed by atoms with Crippen LogP contribution in [0, 0.1) is 5.41 Å². The van der Waals surface area contributed by atoms with Crippen molar-refractivity contribution in [3.8, 4) is 0 Å². The van der Waals surface area contributed by atoms with Gasteiger partial charge in [-0.15, -0.1) is 0 Å². The highest BCUT2D eigenvalue weighted by Gasteiger charge is 2.52. The summed E-state index contributed by atoms with van der Waals surface area (Å²) in [6.07, 6.45) is 7.84. The summed E-state index contributed by atoms with van der Waals surface area (Å²) in [7, 11) is 0. The Morgan fingerprint density at radius 3 is 2.35 bits per heavy atom. The van der Waals surface area contributed by atoms with Crippen LogP contribution in [0.3, 0.4) is 0 Å². The van der Waals surface area contributed by atoms with Gasteiger partial charge in [0.05, 0.1) is 6.10 Å². The molecule has 1 fully saturated rings. The molecule has 1 rings (SSSR count). The Kier molecular flexibility index (Phi) is 6.50. The lowest BCUT2D eigenvalue weighted by molar-refractivity contribution is -0.141. The molecule has 0 bridgehead atoms. The molecule has 0 spiro atoms. The minimum atomic E-state index is 0.406. The summed E-state index contributed by atoms with van der Waals surface area (Å²) in [5.41, 5.74) is 0.406. The third kappa shape index (κ3) is 3.23. The van der Waals surface area contributed by atoms with Crippen LogP contribution in [0.25, 0.3) is 0 Å². The molecule has 102 valence electrons. The fraction of sp³-hybridized carbons (Fsp3) is 1.00. The second-order valence-electron chi connectivity index (χ2n) is 5.40. The minimum absolute atomic E-state index is 0.406. The zero-order chi connectivity index (χ0) is 12.7. The van der Waals surface area contributed by atoms with Crippen molar-refractivity contribution >= 4 is 0 Å². The van der Waals surface area contributed by atoms with Gasteiger partial charge in [-0.1, -0.05) is 34.1 Å². The Bertz CT molecular complexity index is 201. The Labute approximate surface area is 108 Å². The van der Waals surface area contributed by atoms with Gasteiger partial charge in [-0.25, -0.2) is 0 Å². The maximum Gasteiger partial charge on any atom is 0.0661 e. The van der Waals surface area contributed by atoms with Gasteiger partial charge in [-0.05, 0) is 38.6 Å². The van der Waals surface area contributed by atoms with Gasteiger partial charge < -0.3 is 10.1 Å². The summed E-state index contributed by atoms with van der Waals surface area (Å²) in [4.78, 5) is 0. The number of nitrogens with one attached hydrogen (secondary N) is 1. The van der Waals surface area contributed by atoms with Gasteiger partial charge in [-0.2, -0.15) is 0 Å². The second kappa shape index (κ2) is 7.38. The molecule has 0 aromatic rings. The van der Waals surface area contributed by atoms with E-state index in [-0.39, 0.29) is 0 Å². The molecule has 0 amide bonds. The van der Waals surface area contributed by atoms with E-state index in [1.165, 1.54) is 38.5 Å². The van der Waals surface area contributed by atoms with Crippen molar-refractivity contribution in [2.24, 2.45) is 5.41 Å². The van der Waals surface area contributed by atoms with E-state index in [2.05, 4.69) is 33.0 Å². The normalized spacial score (nSPS) is 26.8. The largest absolute Gasteiger partial charge is 0.378 e. The molecule has 1 N–H and O–H groups in total. The molecule has 0 aromatic heterocycles. The molecule has 1 saturated carbocycles. The van der Waals surface area contributed by atoms with Crippen LogP contribution < -0.4 is 5.32 Å². The lowest BCUT2D eigenvalue weighted by Crippen LogP contribution is -2.63. The summed E-state index contributed by atoms with van der Waals surface area (Å²) in [6.45, 7) is 11.2. The highest BCUT2D eigenvalue weighted by atomic mass is 16.5. The molecule has 1 aliphatic rings. The van der Waals surface area contributed by atoms with Crippen molar-refractivity contribution in [1.82, 2.24) is 5.32 Å². The van der Waals surface area contributed by atoms with Crippen LogP contribution in [0.5, 0.6) is 0 Å². The number of rotatable bonds is 9.